The molecule has 0 radical (unpaired) electrons. The second-order valence-corrected chi connectivity index (χ2v) is 4.57. The van der Waals surface area contributed by atoms with Gasteiger partial charge in [0.1, 0.15) is 0 Å². The monoisotopic (exact) mass is 257 g/mol. The average Bonchev–Trinajstić information content (AvgIpc) is 2.46. The molecule has 0 spiro atoms. The van der Waals surface area contributed by atoms with Gasteiger partial charge in [-0.25, -0.2) is 0 Å². The van der Waals surface area contributed by atoms with Crippen molar-refractivity contribution in [3.8, 4) is 0 Å². The highest BCUT2D eigenvalue weighted by molar-refractivity contribution is 5.86. The maximum atomic E-state index is 11.1. The van der Waals surface area contributed by atoms with Gasteiger partial charge in [-0.3, -0.25) is 4.79 Å². The fourth-order valence-electron chi connectivity index (χ4n) is 2.23. The van der Waals surface area contributed by atoms with Crippen LogP contribution in [0.2, 0.25) is 0 Å². The number of carbonyl (C=O) groups is 1. The third kappa shape index (κ3) is 3.32. The van der Waals surface area contributed by atoms with E-state index in [9.17, 15) is 4.79 Å². The third-order valence-electron chi connectivity index (χ3n) is 3.30. The molecule has 0 heterocycles. The lowest BCUT2D eigenvalue weighted by Crippen LogP contribution is -2.22. The normalized spacial score (nSPS) is 12.3. The molecule has 3 heteroatoms. The average molecular weight is 257 g/mol. The van der Waals surface area contributed by atoms with Crippen molar-refractivity contribution in [1.82, 2.24) is 5.32 Å². The van der Waals surface area contributed by atoms with Crippen LogP contribution in [0.1, 0.15) is 24.9 Å². The smallest absolute Gasteiger partial charge is 0.306 e. The molecule has 2 rings (SSSR count). The molecule has 0 saturated heterocycles. The van der Waals surface area contributed by atoms with Crippen LogP contribution in [0.25, 0.3) is 10.8 Å². The Bertz CT molecular complexity index is 560. The number of carbonyl (C=O) groups excluding carboxylic acids is 1. The first-order chi connectivity index (χ1) is 9.22. The summed E-state index contributed by atoms with van der Waals surface area (Å²) in [5.74, 6) is -0.183. The van der Waals surface area contributed by atoms with Crippen molar-refractivity contribution in [3.63, 3.8) is 0 Å². The van der Waals surface area contributed by atoms with E-state index in [1.165, 1.54) is 23.4 Å². The van der Waals surface area contributed by atoms with Gasteiger partial charge in [-0.05, 0) is 23.3 Å². The highest BCUT2D eigenvalue weighted by Crippen LogP contribution is 2.23. The van der Waals surface area contributed by atoms with Crippen LogP contribution < -0.4 is 5.32 Å². The molecule has 0 aliphatic rings. The largest absolute Gasteiger partial charge is 0.469 e. The minimum Gasteiger partial charge on any atom is -0.469 e. The van der Waals surface area contributed by atoms with Crippen LogP contribution in [0.15, 0.2) is 42.5 Å². The van der Waals surface area contributed by atoms with E-state index >= 15 is 0 Å². The minimum atomic E-state index is -0.183. The first-order valence-corrected chi connectivity index (χ1v) is 6.50. The van der Waals surface area contributed by atoms with E-state index in [4.69, 9.17) is 0 Å². The Hall–Kier alpha value is -1.87. The zero-order valence-electron chi connectivity index (χ0n) is 11.3. The number of rotatable bonds is 5. The summed E-state index contributed by atoms with van der Waals surface area (Å²) in [4.78, 5) is 11.1. The molecule has 0 bridgehead atoms. The van der Waals surface area contributed by atoms with Gasteiger partial charge in [0.05, 0.1) is 13.5 Å². The van der Waals surface area contributed by atoms with Crippen molar-refractivity contribution in [1.29, 1.82) is 0 Å². The number of hydrogen-bond acceptors (Lipinski definition) is 3. The number of nitrogens with one attached hydrogen (secondary N) is 1. The van der Waals surface area contributed by atoms with Gasteiger partial charge >= 0.3 is 5.97 Å². The molecule has 0 aliphatic carbocycles. The molecule has 2 aromatic carbocycles. The zero-order chi connectivity index (χ0) is 13.7. The van der Waals surface area contributed by atoms with Gasteiger partial charge in [0, 0.05) is 12.6 Å². The Morgan fingerprint density at radius 3 is 2.74 bits per heavy atom. The Labute approximate surface area is 113 Å². The Morgan fingerprint density at radius 1 is 1.21 bits per heavy atom. The summed E-state index contributed by atoms with van der Waals surface area (Å²) in [5, 5.41) is 5.85. The summed E-state index contributed by atoms with van der Waals surface area (Å²) in [6.45, 7) is 2.73. The van der Waals surface area contributed by atoms with Crippen molar-refractivity contribution in [2.75, 3.05) is 13.7 Å². The van der Waals surface area contributed by atoms with Crippen LogP contribution in [0.3, 0.4) is 0 Å². The standard InChI is InChI=1S/C16H19NO2/c1-12(17-11-10-16(18)19-2)14-9-5-7-13-6-3-4-8-15(13)14/h3-9,12,17H,10-11H2,1-2H3/t12-/m0/s1. The maximum absolute atomic E-state index is 11.1. The summed E-state index contributed by atoms with van der Waals surface area (Å²) in [6, 6.07) is 14.8. The number of methoxy groups -OCH3 is 1. The van der Waals surface area contributed by atoms with Crippen LogP contribution in [0.5, 0.6) is 0 Å². The van der Waals surface area contributed by atoms with Gasteiger partial charge in [-0.2, -0.15) is 0 Å². The molecule has 0 aliphatic heterocycles. The molecule has 0 aromatic heterocycles. The molecule has 0 saturated carbocycles. The lowest BCUT2D eigenvalue weighted by Gasteiger charge is -2.16. The van der Waals surface area contributed by atoms with Crippen molar-refractivity contribution >= 4 is 16.7 Å². The zero-order valence-corrected chi connectivity index (χ0v) is 11.3. The fraction of sp³-hybridized carbons (Fsp3) is 0.312. The van der Waals surface area contributed by atoms with Gasteiger partial charge in [0.25, 0.3) is 0 Å². The molecule has 2 aromatic rings. The molecule has 1 atom stereocenters. The van der Waals surface area contributed by atoms with Gasteiger partial charge in [0.2, 0.25) is 0 Å². The highest BCUT2D eigenvalue weighted by atomic mass is 16.5. The van der Waals surface area contributed by atoms with Crippen LogP contribution >= 0.6 is 0 Å². The molecular formula is C16H19NO2. The molecule has 100 valence electrons. The molecule has 1 N–H and O–H groups in total. The van der Waals surface area contributed by atoms with Gasteiger partial charge < -0.3 is 10.1 Å². The van der Waals surface area contributed by atoms with Crippen LogP contribution in [0, 0.1) is 0 Å². The first kappa shape index (κ1) is 13.6. The van der Waals surface area contributed by atoms with E-state index in [0.29, 0.717) is 13.0 Å². The van der Waals surface area contributed by atoms with Crippen molar-refractivity contribution in [2.24, 2.45) is 0 Å². The van der Waals surface area contributed by atoms with Crippen molar-refractivity contribution in [2.45, 2.75) is 19.4 Å². The Kier molecular flexibility index (Phi) is 4.53. The van der Waals surface area contributed by atoms with Crippen LogP contribution in [-0.2, 0) is 9.53 Å². The molecule has 3 nitrogen and oxygen atoms in total. The number of esters is 1. The predicted octanol–water partition coefficient (Wildman–Crippen LogP) is 3.05. The van der Waals surface area contributed by atoms with Crippen LogP contribution in [-0.4, -0.2) is 19.6 Å². The lowest BCUT2D eigenvalue weighted by atomic mass is 10.00. The Balaban J connectivity index is 2.09. The van der Waals surface area contributed by atoms with Crippen molar-refractivity contribution < 1.29 is 9.53 Å². The quantitative estimate of drug-likeness (QED) is 0.837. The van der Waals surface area contributed by atoms with E-state index in [0.717, 1.165) is 0 Å². The lowest BCUT2D eigenvalue weighted by molar-refractivity contribution is -0.140. The van der Waals surface area contributed by atoms with E-state index in [1.807, 2.05) is 12.1 Å². The second-order valence-electron chi connectivity index (χ2n) is 4.57. The molecule has 0 amide bonds. The third-order valence-corrected chi connectivity index (χ3v) is 3.30. The van der Waals surface area contributed by atoms with Crippen LogP contribution in [0.4, 0.5) is 0 Å². The van der Waals surface area contributed by atoms with Gasteiger partial charge in [-0.1, -0.05) is 42.5 Å². The van der Waals surface area contributed by atoms with Gasteiger partial charge in [-0.15, -0.1) is 0 Å². The van der Waals surface area contributed by atoms with E-state index in [2.05, 4.69) is 47.3 Å². The van der Waals surface area contributed by atoms with E-state index in [1.54, 1.807) is 0 Å². The predicted molar refractivity (Wildman–Crippen MR) is 77.0 cm³/mol. The molecule has 19 heavy (non-hydrogen) atoms. The molecule has 0 fully saturated rings. The van der Waals surface area contributed by atoms with E-state index < -0.39 is 0 Å². The SMILES string of the molecule is COC(=O)CCN[C@@H](C)c1cccc2ccccc12. The summed E-state index contributed by atoms with van der Waals surface area (Å²) in [5.41, 5.74) is 1.25. The number of fused-ring (bicyclic) bond motifs is 1. The molecule has 0 unspecified atom stereocenters. The van der Waals surface area contributed by atoms with E-state index in [-0.39, 0.29) is 12.0 Å². The number of hydrogen-bond donors (Lipinski definition) is 1. The summed E-state index contributed by atoms with van der Waals surface area (Å²) in [7, 11) is 1.41. The first-order valence-electron chi connectivity index (χ1n) is 6.50. The second kappa shape index (κ2) is 6.34. The minimum absolute atomic E-state index is 0.183. The highest BCUT2D eigenvalue weighted by Gasteiger charge is 2.09. The maximum Gasteiger partial charge on any atom is 0.306 e. The number of ether oxygens (including phenoxy) is 1. The topological polar surface area (TPSA) is 38.3 Å². The van der Waals surface area contributed by atoms with Crippen molar-refractivity contribution in [3.05, 3.63) is 48.0 Å². The summed E-state index contributed by atoms with van der Waals surface area (Å²) in [6.07, 6.45) is 0.394. The van der Waals surface area contributed by atoms with Gasteiger partial charge in [0.15, 0.2) is 0 Å². The summed E-state index contributed by atoms with van der Waals surface area (Å²) >= 11 is 0. The summed E-state index contributed by atoms with van der Waals surface area (Å²) < 4.78 is 4.63. The Morgan fingerprint density at radius 2 is 1.95 bits per heavy atom. The molecular weight excluding hydrogens is 238 g/mol. The fourth-order valence-corrected chi connectivity index (χ4v) is 2.23. The number of benzene rings is 2.